The Balaban J connectivity index is 1.77. The minimum absolute atomic E-state index is 0.0209. The summed E-state index contributed by atoms with van der Waals surface area (Å²) < 4.78 is 3.01. The van der Waals surface area contributed by atoms with E-state index in [0.29, 0.717) is 24.2 Å². The highest BCUT2D eigenvalue weighted by Gasteiger charge is 2.33. The van der Waals surface area contributed by atoms with Crippen LogP contribution in [0.25, 0.3) is 0 Å². The van der Waals surface area contributed by atoms with Crippen LogP contribution in [0.15, 0.2) is 22.0 Å². The van der Waals surface area contributed by atoms with Gasteiger partial charge in [-0.15, -0.1) is 5.10 Å². The molecular weight excluding hydrogens is 304 g/mol. The van der Waals surface area contributed by atoms with Crippen LogP contribution in [0.3, 0.4) is 0 Å². The molecule has 0 aliphatic carbocycles. The Kier molecular flexibility index (Phi) is 4.11. The normalized spacial score (nSPS) is 21.9. The average Bonchev–Trinajstić information content (AvgIpc) is 3.10. The van der Waals surface area contributed by atoms with E-state index in [-0.39, 0.29) is 12.6 Å². The first kappa shape index (κ1) is 15.6. The lowest BCUT2D eigenvalue weighted by Gasteiger charge is -2.16. The smallest absolute Gasteiger partial charge is 0.330 e. The number of aliphatic hydroxyl groups excluding tert-OH is 1. The number of aryl methyl sites for hydroxylation is 1. The van der Waals surface area contributed by atoms with Crippen molar-refractivity contribution in [1.29, 1.82) is 0 Å². The highest BCUT2D eigenvalue weighted by atomic mass is 16.7. The highest BCUT2D eigenvalue weighted by molar-refractivity contribution is 5.01. The SMILES string of the molecule is Cc1cn([C@H]2C[C@H](Cn3cc(CO)nn3)N(C)O2)c(=O)[nH]c1=O. The van der Waals surface area contributed by atoms with Gasteiger partial charge in [-0.05, 0) is 6.92 Å². The summed E-state index contributed by atoms with van der Waals surface area (Å²) in [6.45, 7) is 1.99. The van der Waals surface area contributed by atoms with Crippen LogP contribution in [0.1, 0.15) is 23.9 Å². The lowest BCUT2D eigenvalue weighted by molar-refractivity contribution is -0.168. The fraction of sp³-hybridized carbons (Fsp3) is 0.538. The van der Waals surface area contributed by atoms with Crippen molar-refractivity contribution in [3.63, 3.8) is 0 Å². The summed E-state index contributed by atoms with van der Waals surface area (Å²) in [7, 11) is 1.78. The Morgan fingerprint density at radius 2 is 2.22 bits per heavy atom. The monoisotopic (exact) mass is 322 g/mol. The first-order chi connectivity index (χ1) is 11.0. The van der Waals surface area contributed by atoms with Crippen molar-refractivity contribution in [2.24, 2.45) is 0 Å². The summed E-state index contributed by atoms with van der Waals surface area (Å²) in [5, 5.41) is 18.4. The molecule has 2 aromatic rings. The number of nitrogens with one attached hydrogen (secondary N) is 1. The summed E-state index contributed by atoms with van der Waals surface area (Å²) in [5.74, 6) is 0. The molecule has 1 aliphatic heterocycles. The Morgan fingerprint density at radius 3 is 2.91 bits per heavy atom. The lowest BCUT2D eigenvalue weighted by atomic mass is 10.2. The minimum atomic E-state index is -0.497. The number of rotatable bonds is 4. The minimum Gasteiger partial charge on any atom is -0.390 e. The molecule has 0 bridgehead atoms. The van der Waals surface area contributed by atoms with E-state index in [1.165, 1.54) is 10.8 Å². The molecule has 0 spiro atoms. The van der Waals surface area contributed by atoms with Crippen LogP contribution in [0.4, 0.5) is 0 Å². The van der Waals surface area contributed by atoms with Gasteiger partial charge in [-0.3, -0.25) is 23.9 Å². The topological polar surface area (TPSA) is 118 Å². The van der Waals surface area contributed by atoms with Crippen molar-refractivity contribution in [2.45, 2.75) is 38.8 Å². The van der Waals surface area contributed by atoms with Gasteiger partial charge in [0.25, 0.3) is 5.56 Å². The standard InChI is InChI=1S/C13H18N6O4/c1-8-4-19(13(22)14-12(8)21)11-3-10(17(2)23-11)6-18-5-9(7-20)15-16-18/h4-5,10-11,20H,3,6-7H2,1-2H3,(H,14,21,22)/t10-,11-/m1/s1. The van der Waals surface area contributed by atoms with E-state index in [4.69, 9.17) is 9.94 Å². The van der Waals surface area contributed by atoms with Gasteiger partial charge in [-0.1, -0.05) is 5.21 Å². The van der Waals surface area contributed by atoms with Crippen molar-refractivity contribution < 1.29 is 9.94 Å². The van der Waals surface area contributed by atoms with E-state index in [9.17, 15) is 9.59 Å². The van der Waals surface area contributed by atoms with Crippen LogP contribution in [0.2, 0.25) is 0 Å². The molecule has 0 unspecified atom stereocenters. The Morgan fingerprint density at radius 1 is 1.43 bits per heavy atom. The fourth-order valence-electron chi connectivity index (χ4n) is 2.57. The number of hydrogen-bond donors (Lipinski definition) is 2. The maximum Gasteiger partial charge on any atom is 0.330 e. The second-order valence-electron chi connectivity index (χ2n) is 5.56. The Bertz CT molecular complexity index is 809. The number of likely N-dealkylation sites (N-methyl/N-ethyl adjacent to an activating group) is 1. The maximum absolute atomic E-state index is 11.9. The van der Waals surface area contributed by atoms with Gasteiger partial charge in [0.1, 0.15) is 5.69 Å². The highest BCUT2D eigenvalue weighted by Crippen LogP contribution is 2.27. The van der Waals surface area contributed by atoms with Gasteiger partial charge < -0.3 is 5.11 Å². The van der Waals surface area contributed by atoms with Gasteiger partial charge in [0.15, 0.2) is 6.23 Å². The molecule has 0 saturated carbocycles. The second kappa shape index (κ2) is 6.07. The molecule has 3 rings (SSSR count). The van der Waals surface area contributed by atoms with Crippen LogP contribution in [0, 0.1) is 6.92 Å². The summed E-state index contributed by atoms with van der Waals surface area (Å²) in [6.07, 6.45) is 3.23. The third kappa shape index (κ3) is 3.09. The number of H-pyrrole nitrogens is 1. The number of nitrogens with zero attached hydrogens (tertiary/aromatic N) is 5. The van der Waals surface area contributed by atoms with Crippen LogP contribution >= 0.6 is 0 Å². The Labute approximate surface area is 130 Å². The molecule has 3 heterocycles. The Hall–Kier alpha value is -2.30. The summed E-state index contributed by atoms with van der Waals surface area (Å²) in [6, 6.07) is -0.0209. The molecule has 124 valence electrons. The van der Waals surface area contributed by atoms with Gasteiger partial charge >= 0.3 is 5.69 Å². The van der Waals surface area contributed by atoms with E-state index in [1.54, 1.807) is 29.9 Å². The van der Waals surface area contributed by atoms with E-state index >= 15 is 0 Å². The van der Waals surface area contributed by atoms with Crippen molar-refractivity contribution in [2.75, 3.05) is 7.05 Å². The van der Waals surface area contributed by atoms with E-state index < -0.39 is 17.5 Å². The van der Waals surface area contributed by atoms with E-state index in [1.807, 2.05) is 0 Å². The molecule has 0 amide bonds. The molecular formula is C13H18N6O4. The van der Waals surface area contributed by atoms with E-state index in [2.05, 4.69) is 15.3 Å². The lowest BCUT2D eigenvalue weighted by Crippen LogP contribution is -2.33. The van der Waals surface area contributed by atoms with Crippen LogP contribution in [0.5, 0.6) is 0 Å². The van der Waals surface area contributed by atoms with Crippen LogP contribution in [-0.2, 0) is 18.0 Å². The number of aliphatic hydroxyl groups is 1. The first-order valence-electron chi connectivity index (χ1n) is 7.19. The number of hydroxylamine groups is 2. The zero-order valence-corrected chi connectivity index (χ0v) is 12.8. The van der Waals surface area contributed by atoms with Crippen molar-refractivity contribution in [3.05, 3.63) is 44.5 Å². The van der Waals surface area contributed by atoms with Gasteiger partial charge in [-0.2, -0.15) is 5.06 Å². The zero-order chi connectivity index (χ0) is 16.6. The molecule has 1 fully saturated rings. The van der Waals surface area contributed by atoms with Crippen LogP contribution < -0.4 is 11.2 Å². The predicted molar refractivity (Wildman–Crippen MR) is 78.3 cm³/mol. The molecule has 10 heteroatoms. The summed E-state index contributed by atoms with van der Waals surface area (Å²) in [4.78, 5) is 31.4. The molecule has 0 radical (unpaired) electrons. The maximum atomic E-state index is 11.9. The summed E-state index contributed by atoms with van der Waals surface area (Å²) >= 11 is 0. The van der Waals surface area contributed by atoms with Crippen molar-refractivity contribution >= 4 is 0 Å². The van der Waals surface area contributed by atoms with Gasteiger partial charge in [0.2, 0.25) is 0 Å². The van der Waals surface area contributed by atoms with Crippen molar-refractivity contribution in [3.8, 4) is 0 Å². The third-order valence-corrected chi connectivity index (χ3v) is 3.88. The molecule has 10 nitrogen and oxygen atoms in total. The first-order valence-corrected chi connectivity index (χ1v) is 7.19. The molecule has 2 aromatic heterocycles. The molecule has 0 aromatic carbocycles. The molecule has 2 N–H and O–H groups in total. The second-order valence-corrected chi connectivity index (χ2v) is 5.56. The fourth-order valence-corrected chi connectivity index (χ4v) is 2.57. The summed E-state index contributed by atoms with van der Waals surface area (Å²) in [5.41, 5.74) is 0.0510. The molecule has 1 aliphatic rings. The van der Waals surface area contributed by atoms with Crippen LogP contribution in [-0.4, -0.2) is 47.8 Å². The third-order valence-electron chi connectivity index (χ3n) is 3.88. The number of aromatic amines is 1. The number of hydrogen-bond acceptors (Lipinski definition) is 7. The van der Waals surface area contributed by atoms with Gasteiger partial charge in [0.05, 0.1) is 25.4 Å². The van der Waals surface area contributed by atoms with E-state index in [0.717, 1.165) is 0 Å². The van der Waals surface area contributed by atoms with Gasteiger partial charge in [-0.25, -0.2) is 4.79 Å². The average molecular weight is 322 g/mol. The quantitative estimate of drug-likeness (QED) is 0.723. The zero-order valence-electron chi connectivity index (χ0n) is 12.8. The van der Waals surface area contributed by atoms with Crippen molar-refractivity contribution in [1.82, 2.24) is 29.6 Å². The largest absolute Gasteiger partial charge is 0.390 e. The molecule has 23 heavy (non-hydrogen) atoms. The molecule has 1 saturated heterocycles. The van der Waals surface area contributed by atoms with Gasteiger partial charge in [0, 0.05) is 25.2 Å². The molecule has 2 atom stereocenters. The number of aromatic nitrogens is 5. The predicted octanol–water partition coefficient (Wildman–Crippen LogP) is -1.24.